The summed E-state index contributed by atoms with van der Waals surface area (Å²) in [6.45, 7) is 0.750. The molecule has 2 aliphatic rings. The summed E-state index contributed by atoms with van der Waals surface area (Å²) >= 11 is 0. The highest BCUT2D eigenvalue weighted by atomic mass is 16.4. The van der Waals surface area contributed by atoms with Crippen molar-refractivity contribution >= 4 is 13.1 Å². The third-order valence-corrected chi connectivity index (χ3v) is 3.69. The molecule has 0 bridgehead atoms. The number of fused-ring (bicyclic) bond motifs is 1. The summed E-state index contributed by atoms with van der Waals surface area (Å²) in [4.78, 5) is 10.9. The normalized spacial score (nSPS) is 39.1. The van der Waals surface area contributed by atoms with Crippen molar-refractivity contribution in [3.63, 3.8) is 0 Å². The maximum Gasteiger partial charge on any atom is 0.451 e. The van der Waals surface area contributed by atoms with Crippen LogP contribution in [0, 0.1) is 17.8 Å². The van der Waals surface area contributed by atoms with E-state index < -0.39 is 19.1 Å². The molecule has 15 heavy (non-hydrogen) atoms. The van der Waals surface area contributed by atoms with Gasteiger partial charge in [-0.05, 0) is 43.5 Å². The molecule has 0 aromatic carbocycles. The van der Waals surface area contributed by atoms with Crippen molar-refractivity contribution in [1.29, 1.82) is 0 Å². The van der Waals surface area contributed by atoms with Gasteiger partial charge in [-0.25, -0.2) is 0 Å². The molecule has 0 aromatic rings. The third-order valence-electron chi connectivity index (χ3n) is 3.69. The van der Waals surface area contributed by atoms with Crippen LogP contribution in [-0.4, -0.2) is 40.8 Å². The van der Waals surface area contributed by atoms with Crippen LogP contribution in [0.4, 0.5) is 0 Å². The number of hydrogen-bond donors (Lipinski definition) is 4. The molecular weight excluding hydrogens is 197 g/mol. The maximum atomic E-state index is 10.9. The summed E-state index contributed by atoms with van der Waals surface area (Å²) in [5.41, 5.74) is 0. The van der Waals surface area contributed by atoms with Gasteiger partial charge in [0.05, 0.1) is 0 Å². The second-order valence-electron chi connectivity index (χ2n) is 4.70. The van der Waals surface area contributed by atoms with Crippen molar-refractivity contribution in [1.82, 2.24) is 5.32 Å². The van der Waals surface area contributed by atoms with E-state index in [1.165, 1.54) is 0 Å². The first-order chi connectivity index (χ1) is 7.08. The van der Waals surface area contributed by atoms with Gasteiger partial charge in [0.15, 0.2) is 0 Å². The van der Waals surface area contributed by atoms with Crippen LogP contribution in [0.25, 0.3) is 0 Å². The Morgan fingerprint density at radius 3 is 2.73 bits per heavy atom. The van der Waals surface area contributed by atoms with E-state index in [0.29, 0.717) is 12.2 Å². The number of aliphatic carboxylic acids is 1. The Labute approximate surface area is 88.6 Å². The Balaban J connectivity index is 1.94. The molecule has 0 spiro atoms. The zero-order chi connectivity index (χ0) is 11.0. The number of nitrogens with one attached hydrogen (secondary N) is 1. The molecule has 1 saturated carbocycles. The molecule has 0 amide bonds. The minimum Gasteiger partial charge on any atom is -0.480 e. The topological polar surface area (TPSA) is 89.8 Å². The van der Waals surface area contributed by atoms with E-state index in [1.807, 2.05) is 0 Å². The van der Waals surface area contributed by atoms with Gasteiger partial charge in [-0.2, -0.15) is 0 Å². The Hall–Kier alpha value is -0.585. The van der Waals surface area contributed by atoms with Crippen LogP contribution in [0.2, 0.25) is 6.32 Å². The molecule has 84 valence electrons. The number of carboxylic acids is 1. The zero-order valence-electron chi connectivity index (χ0n) is 8.47. The van der Waals surface area contributed by atoms with Crippen LogP contribution in [0.5, 0.6) is 0 Å². The van der Waals surface area contributed by atoms with Crippen molar-refractivity contribution in [3.8, 4) is 0 Å². The molecular formula is C9H16BNO4. The fraction of sp³-hybridized carbons (Fsp3) is 0.889. The molecule has 1 heterocycles. The molecule has 6 heteroatoms. The molecule has 0 radical (unpaired) electrons. The summed E-state index contributed by atoms with van der Waals surface area (Å²) < 4.78 is 0. The van der Waals surface area contributed by atoms with Crippen LogP contribution in [0.15, 0.2) is 0 Å². The molecule has 1 saturated heterocycles. The first kappa shape index (κ1) is 10.9. The van der Waals surface area contributed by atoms with Crippen LogP contribution in [0.1, 0.15) is 12.8 Å². The van der Waals surface area contributed by atoms with Gasteiger partial charge in [-0.1, -0.05) is 0 Å². The number of hydrogen-bond acceptors (Lipinski definition) is 4. The van der Waals surface area contributed by atoms with Crippen LogP contribution >= 0.6 is 0 Å². The molecule has 4 N–H and O–H groups in total. The number of carboxylic acid groups (broad SMARTS) is 1. The highest BCUT2D eigenvalue weighted by Crippen LogP contribution is 2.43. The van der Waals surface area contributed by atoms with Gasteiger partial charge >= 0.3 is 13.1 Å². The minimum absolute atomic E-state index is 0.172. The smallest absolute Gasteiger partial charge is 0.451 e. The molecule has 4 atom stereocenters. The lowest BCUT2D eigenvalue weighted by molar-refractivity contribution is -0.140. The van der Waals surface area contributed by atoms with Gasteiger partial charge in [0.1, 0.15) is 6.04 Å². The standard InChI is InChI=1S/C9H16BNO4/c12-9(13)8-7-2-5(3-10(14)15)1-6(7)4-11-8/h5-8,11,14-15H,1-4H2,(H,12,13)/t5?,6-,7-,8?/m0/s1. The van der Waals surface area contributed by atoms with Gasteiger partial charge in [-0.15, -0.1) is 0 Å². The average molecular weight is 213 g/mol. The van der Waals surface area contributed by atoms with Crippen molar-refractivity contribution in [2.45, 2.75) is 25.2 Å². The Kier molecular flexibility index (Phi) is 3.00. The van der Waals surface area contributed by atoms with Gasteiger partial charge in [0.25, 0.3) is 0 Å². The molecule has 5 nitrogen and oxygen atoms in total. The van der Waals surface area contributed by atoms with E-state index >= 15 is 0 Å². The number of carbonyl (C=O) groups is 1. The second-order valence-corrected chi connectivity index (χ2v) is 4.70. The van der Waals surface area contributed by atoms with Gasteiger partial charge in [0, 0.05) is 0 Å². The summed E-state index contributed by atoms with van der Waals surface area (Å²) in [6.07, 6.45) is 2.09. The summed E-state index contributed by atoms with van der Waals surface area (Å²) in [7, 11) is -1.26. The first-order valence-corrected chi connectivity index (χ1v) is 5.40. The fourth-order valence-corrected chi connectivity index (χ4v) is 3.11. The van der Waals surface area contributed by atoms with E-state index in [-0.39, 0.29) is 11.8 Å². The second kappa shape index (κ2) is 4.12. The van der Waals surface area contributed by atoms with E-state index in [9.17, 15) is 4.79 Å². The highest BCUT2D eigenvalue weighted by molar-refractivity contribution is 6.41. The maximum absolute atomic E-state index is 10.9. The molecule has 1 aliphatic heterocycles. The molecule has 2 unspecified atom stereocenters. The van der Waals surface area contributed by atoms with Crippen molar-refractivity contribution in [3.05, 3.63) is 0 Å². The minimum atomic E-state index is -1.26. The quantitative estimate of drug-likeness (QED) is 0.459. The largest absolute Gasteiger partial charge is 0.480 e. The first-order valence-electron chi connectivity index (χ1n) is 5.40. The predicted molar refractivity (Wildman–Crippen MR) is 54.1 cm³/mol. The monoisotopic (exact) mass is 213 g/mol. The lowest BCUT2D eigenvalue weighted by Gasteiger charge is -2.14. The Morgan fingerprint density at radius 2 is 2.13 bits per heavy atom. The summed E-state index contributed by atoms with van der Waals surface area (Å²) in [5.74, 6) is 0.0535. The van der Waals surface area contributed by atoms with E-state index in [1.54, 1.807) is 0 Å². The summed E-state index contributed by atoms with van der Waals surface area (Å²) in [6, 6.07) is -0.434. The highest BCUT2D eigenvalue weighted by Gasteiger charge is 2.46. The molecule has 2 rings (SSSR count). The van der Waals surface area contributed by atoms with E-state index in [2.05, 4.69) is 5.32 Å². The van der Waals surface area contributed by atoms with Crippen LogP contribution < -0.4 is 5.32 Å². The fourth-order valence-electron chi connectivity index (χ4n) is 3.11. The SMILES string of the molecule is O=C(O)C1NC[C@@H]2CC(CB(O)O)C[C@H]12. The molecule has 1 aliphatic carbocycles. The Bertz CT molecular complexity index is 260. The number of rotatable bonds is 3. The summed E-state index contributed by atoms with van der Waals surface area (Å²) in [5, 5.41) is 29.7. The average Bonchev–Trinajstić information content (AvgIpc) is 2.60. The zero-order valence-corrected chi connectivity index (χ0v) is 8.47. The van der Waals surface area contributed by atoms with Crippen LogP contribution in [0.3, 0.4) is 0 Å². The Morgan fingerprint density at radius 1 is 1.40 bits per heavy atom. The molecule has 2 fully saturated rings. The van der Waals surface area contributed by atoms with E-state index in [4.69, 9.17) is 15.2 Å². The predicted octanol–water partition coefficient (Wildman–Crippen LogP) is -0.842. The van der Waals surface area contributed by atoms with Crippen molar-refractivity contribution < 1.29 is 19.9 Å². The van der Waals surface area contributed by atoms with Crippen molar-refractivity contribution in [2.75, 3.05) is 6.54 Å². The van der Waals surface area contributed by atoms with Gasteiger partial charge in [0.2, 0.25) is 0 Å². The van der Waals surface area contributed by atoms with Gasteiger partial charge in [-0.3, -0.25) is 4.79 Å². The van der Waals surface area contributed by atoms with E-state index in [0.717, 1.165) is 19.4 Å². The van der Waals surface area contributed by atoms with Gasteiger partial charge < -0.3 is 20.5 Å². The van der Waals surface area contributed by atoms with Crippen molar-refractivity contribution in [2.24, 2.45) is 17.8 Å². The third kappa shape index (κ3) is 2.16. The van der Waals surface area contributed by atoms with Crippen LogP contribution in [-0.2, 0) is 4.79 Å². The molecule has 0 aromatic heterocycles. The lowest BCUT2D eigenvalue weighted by Crippen LogP contribution is -2.35. The lowest BCUT2D eigenvalue weighted by atomic mass is 9.77.